The Labute approximate surface area is 137 Å². The van der Waals surface area contributed by atoms with E-state index < -0.39 is 0 Å². The lowest BCUT2D eigenvalue weighted by molar-refractivity contribution is 0.165. The molecule has 0 fully saturated rings. The number of hydrogen-bond donors (Lipinski definition) is 0. The number of rotatable bonds is 7. The van der Waals surface area contributed by atoms with Crippen LogP contribution in [0.4, 0.5) is 0 Å². The Kier molecular flexibility index (Phi) is 5.58. The maximum absolute atomic E-state index is 5.53. The van der Waals surface area contributed by atoms with Crippen LogP contribution < -0.4 is 0 Å². The van der Waals surface area contributed by atoms with Crippen molar-refractivity contribution < 1.29 is 4.42 Å². The van der Waals surface area contributed by atoms with E-state index in [9.17, 15) is 0 Å². The Morgan fingerprint density at radius 3 is 2.36 bits per heavy atom. The van der Waals surface area contributed by atoms with Gasteiger partial charge in [0.15, 0.2) is 16.4 Å². The van der Waals surface area contributed by atoms with Gasteiger partial charge in [-0.3, -0.25) is 4.90 Å². The molecule has 2 heterocycles. The molecule has 2 aromatic heterocycles. The van der Waals surface area contributed by atoms with E-state index in [1.807, 2.05) is 28.4 Å². The van der Waals surface area contributed by atoms with Gasteiger partial charge in [0, 0.05) is 20.1 Å². The molecule has 22 heavy (non-hydrogen) atoms. The lowest BCUT2D eigenvalue weighted by Crippen LogP contribution is -2.33. The summed E-state index contributed by atoms with van der Waals surface area (Å²) in [4.78, 5) is 2.41. The fraction of sp³-hybridized carbons (Fsp3) is 0.625. The molecule has 6 heteroatoms. The number of aromatic nitrogens is 3. The van der Waals surface area contributed by atoms with Gasteiger partial charge in [-0.2, -0.15) is 0 Å². The van der Waals surface area contributed by atoms with Gasteiger partial charge in [-0.25, -0.2) is 4.68 Å². The predicted octanol–water partition coefficient (Wildman–Crippen LogP) is 3.78. The quantitative estimate of drug-likeness (QED) is 0.727. The second-order valence-electron chi connectivity index (χ2n) is 6.61. The molecule has 0 spiro atoms. The zero-order valence-electron chi connectivity index (χ0n) is 14.1. The first-order valence-electron chi connectivity index (χ1n) is 7.78. The Balaban J connectivity index is 2.24. The van der Waals surface area contributed by atoms with Crippen LogP contribution in [0.25, 0.3) is 11.6 Å². The van der Waals surface area contributed by atoms with Gasteiger partial charge < -0.3 is 8.98 Å². The normalized spacial score (nSPS) is 12.0. The zero-order valence-corrected chi connectivity index (χ0v) is 14.9. The SMILES string of the molecule is CC(C)CN(CC(C)C)Cn1nc(-c2ccco2)n(C)c1=S. The summed E-state index contributed by atoms with van der Waals surface area (Å²) in [5, 5.41) is 4.65. The summed E-state index contributed by atoms with van der Waals surface area (Å²) in [6.45, 7) is 11.7. The fourth-order valence-corrected chi connectivity index (χ4v) is 2.80. The Morgan fingerprint density at radius 1 is 1.23 bits per heavy atom. The summed E-state index contributed by atoms with van der Waals surface area (Å²) in [7, 11) is 1.93. The van der Waals surface area contributed by atoms with Gasteiger partial charge in [0.05, 0.1) is 12.9 Å². The molecule has 122 valence electrons. The van der Waals surface area contributed by atoms with Crippen LogP contribution in [0.15, 0.2) is 22.8 Å². The van der Waals surface area contributed by atoms with Crippen molar-refractivity contribution in [1.29, 1.82) is 0 Å². The van der Waals surface area contributed by atoms with Gasteiger partial charge in [0.25, 0.3) is 0 Å². The molecule has 2 aromatic rings. The maximum atomic E-state index is 5.53. The van der Waals surface area contributed by atoms with E-state index in [4.69, 9.17) is 16.6 Å². The molecular weight excluding hydrogens is 296 g/mol. The molecule has 0 aliphatic rings. The standard InChI is InChI=1S/C16H26N4OS/c1-12(2)9-19(10-13(3)4)11-20-16(22)18(5)15(17-20)14-7-6-8-21-14/h6-8,12-13H,9-11H2,1-5H3. The number of furan rings is 1. The molecule has 0 N–H and O–H groups in total. The molecule has 0 saturated carbocycles. The van der Waals surface area contributed by atoms with Crippen molar-refractivity contribution in [2.24, 2.45) is 18.9 Å². The molecule has 0 amide bonds. The first-order valence-corrected chi connectivity index (χ1v) is 8.19. The van der Waals surface area contributed by atoms with Crippen molar-refractivity contribution in [3.05, 3.63) is 23.2 Å². The minimum absolute atomic E-state index is 0.612. The van der Waals surface area contributed by atoms with Crippen LogP contribution in [0.3, 0.4) is 0 Å². The average molecular weight is 322 g/mol. The highest BCUT2D eigenvalue weighted by molar-refractivity contribution is 7.71. The van der Waals surface area contributed by atoms with E-state index in [2.05, 4.69) is 37.7 Å². The van der Waals surface area contributed by atoms with Crippen LogP contribution in [0.5, 0.6) is 0 Å². The lowest BCUT2D eigenvalue weighted by Gasteiger charge is -2.25. The van der Waals surface area contributed by atoms with Gasteiger partial charge in [-0.15, -0.1) is 5.10 Å². The summed E-state index contributed by atoms with van der Waals surface area (Å²) >= 11 is 5.53. The van der Waals surface area contributed by atoms with Crippen LogP contribution >= 0.6 is 12.2 Å². The molecule has 0 saturated heterocycles. The zero-order chi connectivity index (χ0) is 16.3. The van der Waals surface area contributed by atoms with E-state index in [0.717, 1.165) is 24.7 Å². The third-order valence-corrected chi connectivity index (χ3v) is 3.85. The molecule has 0 aliphatic carbocycles. The second-order valence-corrected chi connectivity index (χ2v) is 6.97. The van der Waals surface area contributed by atoms with Crippen molar-refractivity contribution in [2.45, 2.75) is 34.4 Å². The first-order chi connectivity index (χ1) is 10.4. The monoisotopic (exact) mass is 322 g/mol. The smallest absolute Gasteiger partial charge is 0.199 e. The summed E-state index contributed by atoms with van der Waals surface area (Å²) in [5.74, 6) is 2.73. The maximum Gasteiger partial charge on any atom is 0.199 e. The van der Waals surface area contributed by atoms with Gasteiger partial charge >= 0.3 is 0 Å². The second kappa shape index (κ2) is 7.24. The van der Waals surface area contributed by atoms with Crippen LogP contribution in [0, 0.1) is 16.6 Å². The van der Waals surface area contributed by atoms with Crippen molar-refractivity contribution in [2.75, 3.05) is 13.1 Å². The summed E-state index contributed by atoms with van der Waals surface area (Å²) < 4.78 is 9.94. The molecule has 5 nitrogen and oxygen atoms in total. The summed E-state index contributed by atoms with van der Waals surface area (Å²) in [6, 6.07) is 3.77. The fourth-order valence-electron chi connectivity index (χ4n) is 2.61. The third-order valence-electron chi connectivity index (χ3n) is 3.36. The van der Waals surface area contributed by atoms with Gasteiger partial charge in [0.1, 0.15) is 0 Å². The molecule has 0 radical (unpaired) electrons. The van der Waals surface area contributed by atoms with Crippen LogP contribution in [0.2, 0.25) is 0 Å². The molecule has 2 rings (SSSR count). The van der Waals surface area contributed by atoms with Gasteiger partial charge in [-0.05, 0) is 36.2 Å². The molecule has 0 atom stereocenters. The largest absolute Gasteiger partial charge is 0.461 e. The topological polar surface area (TPSA) is 39.1 Å². The minimum Gasteiger partial charge on any atom is -0.461 e. The highest BCUT2D eigenvalue weighted by atomic mass is 32.1. The Bertz CT molecular complexity index is 630. The van der Waals surface area contributed by atoms with Crippen molar-refractivity contribution in [3.8, 4) is 11.6 Å². The van der Waals surface area contributed by atoms with E-state index in [1.54, 1.807) is 6.26 Å². The van der Waals surface area contributed by atoms with E-state index >= 15 is 0 Å². The van der Waals surface area contributed by atoms with E-state index in [-0.39, 0.29) is 0 Å². The highest BCUT2D eigenvalue weighted by Crippen LogP contribution is 2.18. The van der Waals surface area contributed by atoms with E-state index in [0.29, 0.717) is 23.3 Å². The van der Waals surface area contributed by atoms with Crippen LogP contribution in [-0.2, 0) is 13.7 Å². The van der Waals surface area contributed by atoms with Gasteiger partial charge in [0.2, 0.25) is 0 Å². The number of nitrogens with zero attached hydrogens (tertiary/aromatic N) is 4. The van der Waals surface area contributed by atoms with Gasteiger partial charge in [-0.1, -0.05) is 27.7 Å². The Morgan fingerprint density at radius 2 is 1.86 bits per heavy atom. The first kappa shape index (κ1) is 17.0. The molecule has 0 bridgehead atoms. The van der Waals surface area contributed by atoms with Crippen LogP contribution in [0.1, 0.15) is 27.7 Å². The molecule has 0 aromatic carbocycles. The predicted molar refractivity (Wildman–Crippen MR) is 91.0 cm³/mol. The minimum atomic E-state index is 0.612. The van der Waals surface area contributed by atoms with E-state index in [1.165, 1.54) is 0 Å². The van der Waals surface area contributed by atoms with Crippen molar-refractivity contribution >= 4 is 12.2 Å². The molecule has 0 unspecified atom stereocenters. The molecule has 0 aliphatic heterocycles. The Hall–Kier alpha value is -1.40. The molecular formula is C16H26N4OS. The van der Waals surface area contributed by atoms with Crippen LogP contribution in [-0.4, -0.2) is 32.3 Å². The number of hydrogen-bond acceptors (Lipinski definition) is 4. The third kappa shape index (κ3) is 4.08. The summed E-state index contributed by atoms with van der Waals surface area (Å²) in [5.41, 5.74) is 0. The average Bonchev–Trinajstić information content (AvgIpc) is 3.01. The van der Waals surface area contributed by atoms with Crippen molar-refractivity contribution in [3.63, 3.8) is 0 Å². The highest BCUT2D eigenvalue weighted by Gasteiger charge is 2.16. The van der Waals surface area contributed by atoms with Crippen molar-refractivity contribution in [1.82, 2.24) is 19.2 Å². The lowest BCUT2D eigenvalue weighted by atomic mass is 10.1. The summed E-state index contributed by atoms with van der Waals surface area (Å²) in [6.07, 6.45) is 1.65.